The monoisotopic (exact) mass is 228 g/mol. The SMILES string of the molecule is Nc1cnn(-c2ncc(Cl)cc2Cl)c1. The molecule has 0 bridgehead atoms. The summed E-state index contributed by atoms with van der Waals surface area (Å²) in [6.45, 7) is 0. The second kappa shape index (κ2) is 3.48. The van der Waals surface area contributed by atoms with Gasteiger partial charge in [0.25, 0.3) is 0 Å². The number of nitrogens with two attached hydrogens (primary N) is 1. The van der Waals surface area contributed by atoms with E-state index in [0.717, 1.165) is 0 Å². The van der Waals surface area contributed by atoms with E-state index in [9.17, 15) is 0 Å². The minimum absolute atomic E-state index is 0.431. The molecule has 6 heteroatoms. The Morgan fingerprint density at radius 1 is 1.29 bits per heavy atom. The summed E-state index contributed by atoms with van der Waals surface area (Å²) in [7, 11) is 0. The van der Waals surface area contributed by atoms with Gasteiger partial charge < -0.3 is 5.73 Å². The van der Waals surface area contributed by atoms with E-state index in [1.807, 2.05) is 0 Å². The zero-order valence-corrected chi connectivity index (χ0v) is 8.50. The van der Waals surface area contributed by atoms with Crippen molar-refractivity contribution in [3.05, 3.63) is 34.7 Å². The fraction of sp³-hybridized carbons (Fsp3) is 0. The molecule has 2 N–H and O–H groups in total. The van der Waals surface area contributed by atoms with Gasteiger partial charge in [-0.15, -0.1) is 0 Å². The molecule has 0 aliphatic rings. The second-order valence-corrected chi connectivity index (χ2v) is 3.52. The highest BCUT2D eigenvalue weighted by atomic mass is 35.5. The van der Waals surface area contributed by atoms with Gasteiger partial charge in [-0.25, -0.2) is 9.67 Å². The van der Waals surface area contributed by atoms with Crippen molar-refractivity contribution in [2.45, 2.75) is 0 Å². The highest BCUT2D eigenvalue weighted by molar-refractivity contribution is 6.35. The highest BCUT2D eigenvalue weighted by Gasteiger charge is 2.05. The van der Waals surface area contributed by atoms with Crippen LogP contribution >= 0.6 is 23.2 Å². The third kappa shape index (κ3) is 1.66. The van der Waals surface area contributed by atoms with Crippen molar-refractivity contribution in [1.29, 1.82) is 0 Å². The molecule has 0 aliphatic heterocycles. The van der Waals surface area contributed by atoms with Crippen molar-refractivity contribution in [3.8, 4) is 5.82 Å². The molecule has 14 heavy (non-hydrogen) atoms. The molecule has 2 heterocycles. The lowest BCUT2D eigenvalue weighted by Gasteiger charge is -2.02. The molecule has 0 spiro atoms. The molecule has 2 rings (SSSR count). The molecule has 0 atom stereocenters. The predicted molar refractivity (Wildman–Crippen MR) is 55.8 cm³/mol. The first-order chi connectivity index (χ1) is 6.66. The number of pyridine rings is 1. The molecular weight excluding hydrogens is 223 g/mol. The smallest absolute Gasteiger partial charge is 0.172 e. The van der Waals surface area contributed by atoms with Crippen LogP contribution in [0.5, 0.6) is 0 Å². The van der Waals surface area contributed by atoms with E-state index in [0.29, 0.717) is 21.6 Å². The molecule has 0 amide bonds. The topological polar surface area (TPSA) is 56.7 Å². The first kappa shape index (κ1) is 9.30. The highest BCUT2D eigenvalue weighted by Crippen LogP contribution is 2.21. The molecule has 4 nitrogen and oxygen atoms in total. The first-order valence-corrected chi connectivity index (χ1v) is 4.54. The maximum Gasteiger partial charge on any atom is 0.172 e. The summed E-state index contributed by atoms with van der Waals surface area (Å²) in [4.78, 5) is 4.04. The molecule has 0 fully saturated rings. The summed E-state index contributed by atoms with van der Waals surface area (Å²) in [5.41, 5.74) is 6.07. The Bertz CT molecular complexity index is 466. The lowest BCUT2D eigenvalue weighted by Crippen LogP contribution is -1.98. The Morgan fingerprint density at radius 3 is 2.64 bits per heavy atom. The van der Waals surface area contributed by atoms with Crippen molar-refractivity contribution in [1.82, 2.24) is 14.8 Å². The fourth-order valence-corrected chi connectivity index (χ4v) is 1.50. The Labute approximate surface area is 90.3 Å². The molecule has 0 aliphatic carbocycles. The van der Waals surface area contributed by atoms with Crippen LogP contribution in [0.1, 0.15) is 0 Å². The number of hydrogen-bond acceptors (Lipinski definition) is 3. The number of aromatic nitrogens is 3. The maximum absolute atomic E-state index is 5.92. The Balaban J connectivity index is 2.52. The van der Waals surface area contributed by atoms with Crippen molar-refractivity contribution in [3.63, 3.8) is 0 Å². The number of nitrogens with zero attached hydrogens (tertiary/aromatic N) is 3. The van der Waals surface area contributed by atoms with Gasteiger partial charge in [0, 0.05) is 6.20 Å². The van der Waals surface area contributed by atoms with Gasteiger partial charge in [0.15, 0.2) is 5.82 Å². The van der Waals surface area contributed by atoms with Crippen LogP contribution in [0.3, 0.4) is 0 Å². The molecule has 2 aromatic rings. The average Bonchev–Trinajstić information content (AvgIpc) is 2.51. The van der Waals surface area contributed by atoms with Crippen LogP contribution < -0.4 is 5.73 Å². The first-order valence-electron chi connectivity index (χ1n) is 3.78. The minimum Gasteiger partial charge on any atom is -0.396 e. The summed E-state index contributed by atoms with van der Waals surface area (Å²) in [5, 5.41) is 4.89. The molecular formula is C8H6Cl2N4. The number of anilines is 1. The third-order valence-corrected chi connectivity index (χ3v) is 2.09. The van der Waals surface area contributed by atoms with Gasteiger partial charge >= 0.3 is 0 Å². The van der Waals surface area contributed by atoms with Crippen LogP contribution in [0, 0.1) is 0 Å². The van der Waals surface area contributed by atoms with Gasteiger partial charge in [-0.2, -0.15) is 5.10 Å². The van der Waals surface area contributed by atoms with Crippen molar-refractivity contribution in [2.24, 2.45) is 0 Å². The van der Waals surface area contributed by atoms with E-state index in [2.05, 4.69) is 10.1 Å². The van der Waals surface area contributed by atoms with E-state index >= 15 is 0 Å². The molecule has 0 radical (unpaired) electrons. The van der Waals surface area contributed by atoms with Crippen molar-refractivity contribution in [2.75, 3.05) is 5.73 Å². The molecule has 0 saturated carbocycles. The number of nitrogen functional groups attached to an aromatic ring is 1. The van der Waals surface area contributed by atoms with Crippen LogP contribution in [0.2, 0.25) is 10.0 Å². The van der Waals surface area contributed by atoms with Gasteiger partial charge in [0.2, 0.25) is 0 Å². The van der Waals surface area contributed by atoms with Crippen molar-refractivity contribution >= 4 is 28.9 Å². The van der Waals surface area contributed by atoms with E-state index in [1.165, 1.54) is 17.1 Å². The largest absolute Gasteiger partial charge is 0.396 e. The van der Waals surface area contributed by atoms with E-state index in [4.69, 9.17) is 28.9 Å². The Kier molecular flexibility index (Phi) is 2.31. The van der Waals surface area contributed by atoms with Gasteiger partial charge in [-0.1, -0.05) is 23.2 Å². The van der Waals surface area contributed by atoms with Gasteiger partial charge in [0.1, 0.15) is 0 Å². The standard InChI is InChI=1S/C8H6Cl2N4/c9-5-1-7(10)8(12-2-5)14-4-6(11)3-13-14/h1-4H,11H2. The lowest BCUT2D eigenvalue weighted by molar-refractivity contribution is 0.847. The van der Waals surface area contributed by atoms with E-state index in [1.54, 1.807) is 12.3 Å². The molecule has 0 unspecified atom stereocenters. The van der Waals surface area contributed by atoms with Gasteiger partial charge in [-0.05, 0) is 6.07 Å². The Hall–Kier alpha value is -1.26. The molecule has 0 aromatic carbocycles. The number of rotatable bonds is 1. The van der Waals surface area contributed by atoms with Crippen LogP contribution in [-0.2, 0) is 0 Å². The van der Waals surface area contributed by atoms with Crippen LogP contribution in [0.15, 0.2) is 24.7 Å². The molecule has 2 aromatic heterocycles. The summed E-state index contributed by atoms with van der Waals surface area (Å²) in [6.07, 6.45) is 4.65. The molecule has 72 valence electrons. The number of hydrogen-bond donors (Lipinski definition) is 1. The quantitative estimate of drug-likeness (QED) is 0.814. The van der Waals surface area contributed by atoms with Crippen LogP contribution in [-0.4, -0.2) is 14.8 Å². The molecule has 0 saturated heterocycles. The maximum atomic E-state index is 5.92. The average molecular weight is 229 g/mol. The summed E-state index contributed by atoms with van der Waals surface area (Å²) >= 11 is 11.6. The minimum atomic E-state index is 0.431. The van der Waals surface area contributed by atoms with Crippen LogP contribution in [0.4, 0.5) is 5.69 Å². The normalized spacial score (nSPS) is 10.4. The fourth-order valence-electron chi connectivity index (χ4n) is 1.03. The Morgan fingerprint density at radius 2 is 2.07 bits per heavy atom. The van der Waals surface area contributed by atoms with E-state index < -0.39 is 0 Å². The zero-order valence-electron chi connectivity index (χ0n) is 6.98. The van der Waals surface area contributed by atoms with Crippen LogP contribution in [0.25, 0.3) is 5.82 Å². The predicted octanol–water partition coefficient (Wildman–Crippen LogP) is 2.16. The number of halogens is 2. The zero-order chi connectivity index (χ0) is 10.1. The van der Waals surface area contributed by atoms with Gasteiger partial charge in [-0.3, -0.25) is 0 Å². The second-order valence-electron chi connectivity index (χ2n) is 2.68. The summed E-state index contributed by atoms with van der Waals surface area (Å²) in [5.74, 6) is 0.507. The van der Waals surface area contributed by atoms with Gasteiger partial charge in [0.05, 0.1) is 28.1 Å². The lowest BCUT2D eigenvalue weighted by atomic mass is 10.4. The van der Waals surface area contributed by atoms with Crippen molar-refractivity contribution < 1.29 is 0 Å². The van der Waals surface area contributed by atoms with E-state index in [-0.39, 0.29) is 0 Å². The summed E-state index contributed by atoms with van der Waals surface area (Å²) < 4.78 is 1.49. The third-order valence-electron chi connectivity index (χ3n) is 1.61. The summed E-state index contributed by atoms with van der Waals surface area (Å²) in [6, 6.07) is 1.60.